The third-order valence-electron chi connectivity index (χ3n) is 3.30. The number of nitrogens with one attached hydrogen (secondary N) is 2. The highest BCUT2D eigenvalue weighted by Crippen LogP contribution is 2.26. The summed E-state index contributed by atoms with van der Waals surface area (Å²) in [6.07, 6.45) is 5.55. The van der Waals surface area contributed by atoms with Crippen LogP contribution in [0.5, 0.6) is 0 Å². The second-order valence-corrected chi connectivity index (χ2v) is 4.46. The van der Waals surface area contributed by atoms with E-state index in [9.17, 15) is 9.59 Å². The summed E-state index contributed by atoms with van der Waals surface area (Å²) < 4.78 is 0. The van der Waals surface area contributed by atoms with Crippen molar-refractivity contribution in [2.45, 2.75) is 52.0 Å². The first kappa shape index (κ1) is 13.0. The Labute approximate surface area is 97.2 Å². The van der Waals surface area contributed by atoms with Gasteiger partial charge in [-0.3, -0.25) is 9.59 Å². The van der Waals surface area contributed by atoms with Gasteiger partial charge in [0.15, 0.2) is 0 Å². The molecule has 0 aromatic carbocycles. The Bertz CT molecular complexity index is 245. The molecule has 0 aromatic heterocycles. The lowest BCUT2D eigenvalue weighted by molar-refractivity contribution is -0.139. The molecule has 0 atom stereocenters. The highest BCUT2D eigenvalue weighted by atomic mass is 16.2. The average Bonchev–Trinajstić information content (AvgIpc) is 2.30. The van der Waals surface area contributed by atoms with Crippen LogP contribution in [-0.2, 0) is 9.59 Å². The molecule has 1 aliphatic rings. The first-order valence-corrected chi connectivity index (χ1v) is 6.26. The number of carbonyl (C=O) groups excluding carboxylic acids is 2. The number of likely N-dealkylation sites (N-methyl/N-ethyl adjacent to an activating group) is 1. The highest BCUT2D eigenvalue weighted by Gasteiger charge is 2.23. The molecule has 1 rings (SSSR count). The van der Waals surface area contributed by atoms with Crippen LogP contribution < -0.4 is 10.6 Å². The first-order valence-electron chi connectivity index (χ1n) is 6.26. The van der Waals surface area contributed by atoms with E-state index in [1.807, 2.05) is 0 Å². The maximum Gasteiger partial charge on any atom is 0.309 e. The Morgan fingerprint density at radius 1 is 1.06 bits per heavy atom. The van der Waals surface area contributed by atoms with Gasteiger partial charge in [0, 0.05) is 12.6 Å². The Kier molecular flexibility index (Phi) is 5.29. The van der Waals surface area contributed by atoms with Gasteiger partial charge in [-0.15, -0.1) is 0 Å². The van der Waals surface area contributed by atoms with Crippen molar-refractivity contribution in [1.82, 2.24) is 10.6 Å². The lowest BCUT2D eigenvalue weighted by Gasteiger charge is -2.28. The van der Waals surface area contributed by atoms with Gasteiger partial charge in [0.05, 0.1) is 0 Å². The molecule has 0 heterocycles. The van der Waals surface area contributed by atoms with Gasteiger partial charge in [-0.1, -0.05) is 13.3 Å². The molecule has 0 saturated heterocycles. The second-order valence-electron chi connectivity index (χ2n) is 4.46. The lowest BCUT2D eigenvalue weighted by Crippen LogP contribution is -2.45. The minimum atomic E-state index is -0.514. The smallest absolute Gasteiger partial charge is 0.309 e. The van der Waals surface area contributed by atoms with Crippen LogP contribution >= 0.6 is 0 Å². The molecule has 4 nitrogen and oxygen atoms in total. The number of rotatable bonds is 3. The van der Waals surface area contributed by atoms with Crippen molar-refractivity contribution < 1.29 is 9.59 Å². The van der Waals surface area contributed by atoms with Crippen molar-refractivity contribution >= 4 is 11.8 Å². The fourth-order valence-electron chi connectivity index (χ4n) is 2.21. The van der Waals surface area contributed by atoms with Crippen LogP contribution in [-0.4, -0.2) is 24.4 Å². The summed E-state index contributed by atoms with van der Waals surface area (Å²) in [6, 6.07) is 0.193. The maximum atomic E-state index is 11.4. The highest BCUT2D eigenvalue weighted by molar-refractivity contribution is 6.35. The summed E-state index contributed by atoms with van der Waals surface area (Å²) in [5.74, 6) is -0.195. The molecule has 4 heteroatoms. The number of hydrogen-bond donors (Lipinski definition) is 2. The van der Waals surface area contributed by atoms with Crippen molar-refractivity contribution in [3.8, 4) is 0 Å². The van der Waals surface area contributed by atoms with Crippen molar-refractivity contribution in [3.05, 3.63) is 0 Å². The molecular weight excluding hydrogens is 204 g/mol. The van der Waals surface area contributed by atoms with Crippen molar-refractivity contribution in [2.24, 2.45) is 5.92 Å². The van der Waals surface area contributed by atoms with Gasteiger partial charge in [0.1, 0.15) is 0 Å². The number of hydrogen-bond acceptors (Lipinski definition) is 2. The quantitative estimate of drug-likeness (QED) is 0.711. The fraction of sp³-hybridized carbons (Fsp3) is 0.833. The third kappa shape index (κ3) is 3.83. The largest absolute Gasteiger partial charge is 0.348 e. The monoisotopic (exact) mass is 226 g/mol. The van der Waals surface area contributed by atoms with Gasteiger partial charge in [-0.2, -0.15) is 0 Å². The molecule has 0 unspecified atom stereocenters. The fourth-order valence-corrected chi connectivity index (χ4v) is 2.21. The first-order chi connectivity index (χ1) is 7.67. The number of carbonyl (C=O) groups is 2. The molecular formula is C12H22N2O2. The summed E-state index contributed by atoms with van der Waals surface area (Å²) in [5.41, 5.74) is 0. The molecule has 1 aliphatic carbocycles. The zero-order chi connectivity index (χ0) is 12.0. The van der Waals surface area contributed by atoms with E-state index in [-0.39, 0.29) is 6.04 Å². The third-order valence-corrected chi connectivity index (χ3v) is 3.30. The lowest BCUT2D eigenvalue weighted by atomic mass is 9.84. The molecule has 0 aliphatic heterocycles. The van der Waals surface area contributed by atoms with Gasteiger partial charge in [0.2, 0.25) is 0 Å². The molecule has 0 radical (unpaired) electrons. The van der Waals surface area contributed by atoms with E-state index in [4.69, 9.17) is 0 Å². The summed E-state index contributed by atoms with van der Waals surface area (Å²) in [5, 5.41) is 5.30. The Balaban J connectivity index is 2.28. The van der Waals surface area contributed by atoms with E-state index in [1.54, 1.807) is 6.92 Å². The standard InChI is InChI=1S/C12H22N2O2/c1-3-9-5-7-10(8-6-9)14-12(16)11(15)13-4-2/h9-10H,3-8H2,1-2H3,(H,13,15)(H,14,16). The maximum absolute atomic E-state index is 11.4. The zero-order valence-corrected chi connectivity index (χ0v) is 10.2. The van der Waals surface area contributed by atoms with Crippen LogP contribution in [0.2, 0.25) is 0 Å². The molecule has 0 bridgehead atoms. The zero-order valence-electron chi connectivity index (χ0n) is 10.2. The van der Waals surface area contributed by atoms with Crippen LogP contribution in [0.3, 0.4) is 0 Å². The Morgan fingerprint density at radius 2 is 1.69 bits per heavy atom. The van der Waals surface area contributed by atoms with Crippen LogP contribution in [0, 0.1) is 5.92 Å². The van der Waals surface area contributed by atoms with E-state index in [0.717, 1.165) is 31.6 Å². The Hall–Kier alpha value is -1.06. The van der Waals surface area contributed by atoms with E-state index in [0.29, 0.717) is 6.54 Å². The van der Waals surface area contributed by atoms with E-state index in [2.05, 4.69) is 17.6 Å². The molecule has 2 N–H and O–H groups in total. The van der Waals surface area contributed by atoms with E-state index >= 15 is 0 Å². The van der Waals surface area contributed by atoms with Gasteiger partial charge < -0.3 is 10.6 Å². The SMILES string of the molecule is CCNC(=O)C(=O)NC1CCC(CC)CC1. The predicted molar refractivity (Wildman–Crippen MR) is 62.9 cm³/mol. The predicted octanol–water partition coefficient (Wildman–Crippen LogP) is 1.21. The average molecular weight is 226 g/mol. The van der Waals surface area contributed by atoms with Crippen molar-refractivity contribution in [1.29, 1.82) is 0 Å². The van der Waals surface area contributed by atoms with Crippen LogP contribution in [0.25, 0.3) is 0 Å². The van der Waals surface area contributed by atoms with Gasteiger partial charge in [-0.05, 0) is 38.5 Å². The number of amides is 2. The summed E-state index contributed by atoms with van der Waals surface area (Å²) in [6.45, 7) is 4.50. The van der Waals surface area contributed by atoms with Crippen molar-refractivity contribution in [3.63, 3.8) is 0 Å². The van der Waals surface area contributed by atoms with Crippen LogP contribution in [0.1, 0.15) is 46.0 Å². The Morgan fingerprint density at radius 3 is 2.19 bits per heavy atom. The minimum Gasteiger partial charge on any atom is -0.348 e. The van der Waals surface area contributed by atoms with Gasteiger partial charge in [-0.25, -0.2) is 0 Å². The van der Waals surface area contributed by atoms with Crippen LogP contribution in [0.4, 0.5) is 0 Å². The summed E-state index contributed by atoms with van der Waals surface area (Å²) >= 11 is 0. The summed E-state index contributed by atoms with van der Waals surface area (Å²) in [7, 11) is 0. The minimum absolute atomic E-state index is 0.193. The van der Waals surface area contributed by atoms with Gasteiger partial charge >= 0.3 is 11.8 Å². The molecule has 2 amide bonds. The second kappa shape index (κ2) is 6.51. The molecule has 1 saturated carbocycles. The van der Waals surface area contributed by atoms with Crippen LogP contribution in [0.15, 0.2) is 0 Å². The molecule has 0 aromatic rings. The normalized spacial score (nSPS) is 24.9. The molecule has 16 heavy (non-hydrogen) atoms. The molecule has 0 spiro atoms. The van der Waals surface area contributed by atoms with Crippen molar-refractivity contribution in [2.75, 3.05) is 6.54 Å². The molecule has 92 valence electrons. The van der Waals surface area contributed by atoms with E-state index in [1.165, 1.54) is 6.42 Å². The molecule has 1 fully saturated rings. The van der Waals surface area contributed by atoms with Gasteiger partial charge in [0.25, 0.3) is 0 Å². The summed E-state index contributed by atoms with van der Waals surface area (Å²) in [4.78, 5) is 22.6. The van der Waals surface area contributed by atoms with E-state index < -0.39 is 11.8 Å². The topological polar surface area (TPSA) is 58.2 Å².